The highest BCUT2D eigenvalue weighted by Gasteiger charge is 2.19. The van der Waals surface area contributed by atoms with Gasteiger partial charge in [0.05, 0.1) is 32.2 Å². The van der Waals surface area contributed by atoms with Crippen LogP contribution in [0.25, 0.3) is 10.9 Å². The molecule has 4 nitrogen and oxygen atoms in total. The van der Waals surface area contributed by atoms with Crippen molar-refractivity contribution in [2.45, 2.75) is 116 Å². The number of H-pyrrole nitrogens is 1. The molecule has 2 rings (SSSR count). The number of ether oxygens (including phenoxy) is 3. The Bertz CT molecular complexity index is 768. The van der Waals surface area contributed by atoms with Gasteiger partial charge in [-0.05, 0) is 24.5 Å². The number of aryl methyl sites for hydroxylation is 1. The van der Waals surface area contributed by atoms with Gasteiger partial charge in [-0.3, -0.25) is 0 Å². The fourth-order valence-corrected chi connectivity index (χ4v) is 4.88. The molecule has 33 heavy (non-hydrogen) atoms. The summed E-state index contributed by atoms with van der Waals surface area (Å²) in [6.45, 7) is 2.29. The highest BCUT2D eigenvalue weighted by Crippen LogP contribution is 2.43. The number of rotatable bonds is 20. The van der Waals surface area contributed by atoms with Gasteiger partial charge in [0, 0.05) is 0 Å². The first-order valence-corrected chi connectivity index (χ1v) is 13.6. The molecule has 1 heterocycles. The van der Waals surface area contributed by atoms with E-state index in [1.807, 2.05) is 0 Å². The summed E-state index contributed by atoms with van der Waals surface area (Å²) in [4.78, 5) is 3.26. The third-order valence-corrected chi connectivity index (χ3v) is 6.83. The summed E-state index contributed by atoms with van der Waals surface area (Å²) < 4.78 is 16.8. The number of methoxy groups -OCH3 is 3. The Morgan fingerprint density at radius 1 is 0.576 bits per heavy atom. The molecule has 0 fully saturated rings. The highest BCUT2D eigenvalue weighted by atomic mass is 16.5. The van der Waals surface area contributed by atoms with Crippen LogP contribution in [0.3, 0.4) is 0 Å². The maximum absolute atomic E-state index is 5.78. The lowest BCUT2D eigenvalue weighted by molar-refractivity contribution is 0.349. The molecule has 0 amide bonds. The number of hydrogen-bond donors (Lipinski definition) is 1. The van der Waals surface area contributed by atoms with Crippen molar-refractivity contribution in [3.8, 4) is 17.4 Å². The first-order valence-electron chi connectivity index (χ1n) is 13.6. The van der Waals surface area contributed by atoms with E-state index in [1.54, 1.807) is 21.3 Å². The van der Waals surface area contributed by atoms with E-state index in [4.69, 9.17) is 14.2 Å². The minimum atomic E-state index is 0.644. The molecular formula is C29H49NO3. The number of unbranched alkanes of at least 4 members (excludes halogenated alkanes) is 15. The Labute approximate surface area is 202 Å². The van der Waals surface area contributed by atoms with Gasteiger partial charge in [-0.2, -0.15) is 0 Å². The average Bonchev–Trinajstić information content (AvgIpc) is 3.21. The molecule has 0 radical (unpaired) electrons. The first-order chi connectivity index (χ1) is 16.3. The average molecular weight is 460 g/mol. The zero-order chi connectivity index (χ0) is 23.7. The van der Waals surface area contributed by atoms with Gasteiger partial charge in [-0.25, -0.2) is 0 Å². The van der Waals surface area contributed by atoms with Gasteiger partial charge in [-0.1, -0.05) is 109 Å². The van der Waals surface area contributed by atoms with Crippen LogP contribution in [0.5, 0.6) is 17.4 Å². The van der Waals surface area contributed by atoms with Gasteiger partial charge in [0.1, 0.15) is 5.75 Å². The molecule has 188 valence electrons. The van der Waals surface area contributed by atoms with E-state index in [-0.39, 0.29) is 0 Å². The summed E-state index contributed by atoms with van der Waals surface area (Å²) in [5.41, 5.74) is 2.23. The molecule has 0 bridgehead atoms. The fourth-order valence-electron chi connectivity index (χ4n) is 4.88. The standard InChI is InChI=1S/C29H49NO3/c1-5-6-7-8-9-10-11-12-13-14-15-16-17-18-19-20-21-24-22-23-25-26(27(24)31-2)28(32-3)29(30-25)33-4/h22-23,30H,5-21H2,1-4H3. The van der Waals surface area contributed by atoms with Gasteiger partial charge in [-0.15, -0.1) is 0 Å². The van der Waals surface area contributed by atoms with Crippen molar-refractivity contribution in [3.63, 3.8) is 0 Å². The summed E-state index contributed by atoms with van der Waals surface area (Å²) in [5, 5.41) is 0.978. The third-order valence-electron chi connectivity index (χ3n) is 6.83. The minimum Gasteiger partial charge on any atom is -0.496 e. The van der Waals surface area contributed by atoms with Gasteiger partial charge in [0.25, 0.3) is 0 Å². The molecule has 0 saturated carbocycles. The van der Waals surface area contributed by atoms with Crippen molar-refractivity contribution in [2.24, 2.45) is 0 Å². The van der Waals surface area contributed by atoms with E-state index in [0.29, 0.717) is 5.88 Å². The third kappa shape index (κ3) is 9.14. The van der Waals surface area contributed by atoms with Crippen LogP contribution in [0, 0.1) is 0 Å². The number of fused-ring (bicyclic) bond motifs is 1. The highest BCUT2D eigenvalue weighted by molar-refractivity contribution is 5.95. The molecule has 1 aromatic carbocycles. The molecule has 0 aliphatic heterocycles. The first kappa shape index (κ1) is 27.4. The van der Waals surface area contributed by atoms with Crippen molar-refractivity contribution in [1.82, 2.24) is 4.98 Å². The Morgan fingerprint density at radius 2 is 1.06 bits per heavy atom. The molecule has 0 unspecified atom stereocenters. The van der Waals surface area contributed by atoms with Crippen LogP contribution < -0.4 is 14.2 Å². The van der Waals surface area contributed by atoms with Crippen LogP contribution in [0.4, 0.5) is 0 Å². The molecule has 0 saturated heterocycles. The summed E-state index contributed by atoms with van der Waals surface area (Å²) in [7, 11) is 5.06. The van der Waals surface area contributed by atoms with Gasteiger partial charge in [0.15, 0.2) is 5.75 Å². The summed E-state index contributed by atoms with van der Waals surface area (Å²) >= 11 is 0. The van der Waals surface area contributed by atoms with E-state index < -0.39 is 0 Å². The van der Waals surface area contributed by atoms with Crippen molar-refractivity contribution in [1.29, 1.82) is 0 Å². The molecule has 4 heteroatoms. The monoisotopic (exact) mass is 459 g/mol. The molecule has 0 aliphatic rings. The number of aromatic nitrogens is 1. The van der Waals surface area contributed by atoms with Crippen molar-refractivity contribution in [3.05, 3.63) is 17.7 Å². The molecular weight excluding hydrogens is 410 g/mol. The van der Waals surface area contributed by atoms with Crippen LogP contribution in [-0.2, 0) is 6.42 Å². The second-order valence-electron chi connectivity index (χ2n) is 9.43. The van der Waals surface area contributed by atoms with Crippen molar-refractivity contribution < 1.29 is 14.2 Å². The van der Waals surface area contributed by atoms with Crippen LogP contribution in [0.2, 0.25) is 0 Å². The van der Waals surface area contributed by atoms with Gasteiger partial charge >= 0.3 is 0 Å². The maximum Gasteiger partial charge on any atom is 0.235 e. The van der Waals surface area contributed by atoms with E-state index in [9.17, 15) is 0 Å². The number of aromatic amines is 1. The zero-order valence-electron chi connectivity index (χ0n) is 21.9. The quantitative estimate of drug-likeness (QED) is 0.201. The van der Waals surface area contributed by atoms with Crippen LogP contribution in [-0.4, -0.2) is 26.3 Å². The zero-order valence-corrected chi connectivity index (χ0v) is 21.9. The van der Waals surface area contributed by atoms with E-state index >= 15 is 0 Å². The Kier molecular flexibility index (Phi) is 13.9. The van der Waals surface area contributed by atoms with E-state index in [0.717, 1.165) is 28.8 Å². The summed E-state index contributed by atoms with van der Waals surface area (Å²) in [5.74, 6) is 2.27. The number of benzene rings is 1. The second-order valence-corrected chi connectivity index (χ2v) is 9.43. The van der Waals surface area contributed by atoms with Gasteiger partial charge < -0.3 is 19.2 Å². The Hall–Kier alpha value is -1.84. The molecule has 1 N–H and O–H groups in total. The lowest BCUT2D eigenvalue weighted by Gasteiger charge is -2.11. The lowest BCUT2D eigenvalue weighted by atomic mass is 10.0. The molecule has 0 aliphatic carbocycles. The Morgan fingerprint density at radius 3 is 1.52 bits per heavy atom. The number of hydrogen-bond acceptors (Lipinski definition) is 3. The maximum atomic E-state index is 5.78. The lowest BCUT2D eigenvalue weighted by Crippen LogP contribution is -1.95. The number of nitrogens with one attached hydrogen (secondary N) is 1. The fraction of sp³-hybridized carbons (Fsp3) is 0.724. The second kappa shape index (κ2) is 16.7. The van der Waals surface area contributed by atoms with Crippen LogP contribution >= 0.6 is 0 Å². The van der Waals surface area contributed by atoms with Crippen LogP contribution in [0.15, 0.2) is 12.1 Å². The summed E-state index contributed by atoms with van der Waals surface area (Å²) in [6.07, 6.45) is 23.3. The largest absolute Gasteiger partial charge is 0.496 e. The smallest absolute Gasteiger partial charge is 0.235 e. The van der Waals surface area contributed by atoms with E-state index in [2.05, 4.69) is 24.0 Å². The molecule has 1 aromatic heterocycles. The van der Waals surface area contributed by atoms with Crippen molar-refractivity contribution in [2.75, 3.05) is 21.3 Å². The molecule has 0 atom stereocenters. The van der Waals surface area contributed by atoms with E-state index in [1.165, 1.54) is 108 Å². The van der Waals surface area contributed by atoms with Crippen LogP contribution in [0.1, 0.15) is 115 Å². The SMILES string of the molecule is CCCCCCCCCCCCCCCCCCc1ccc2[nH]c(OC)c(OC)c2c1OC. The summed E-state index contributed by atoms with van der Waals surface area (Å²) in [6, 6.07) is 4.27. The van der Waals surface area contributed by atoms with Gasteiger partial charge in [0.2, 0.25) is 5.88 Å². The normalized spacial score (nSPS) is 11.3. The Balaban J connectivity index is 1.56. The van der Waals surface area contributed by atoms with Crippen molar-refractivity contribution >= 4 is 10.9 Å². The minimum absolute atomic E-state index is 0.644. The predicted octanol–water partition coefficient (Wildman–Crippen LogP) is 9.00. The predicted molar refractivity (Wildman–Crippen MR) is 141 cm³/mol. The topological polar surface area (TPSA) is 43.5 Å². The molecule has 2 aromatic rings. The molecule has 0 spiro atoms.